The zero-order valence-corrected chi connectivity index (χ0v) is 13.4. The standard InChI is InChI=1S/C16H23N2O6/c1-17-10(4-5-12(17)20)9-3-2-6-18(7-9)16-15(23)14(22)13(21)11(8-19)24-16/h2-3,6-7,10-11,13-16,19,21-23H,4-5,8H2,1H3/q+1/t10-,11-,13+,14-,15+,16+/m0/s1. The summed E-state index contributed by atoms with van der Waals surface area (Å²) in [6, 6.07) is 3.61. The number of amides is 1. The second kappa shape index (κ2) is 6.73. The van der Waals surface area contributed by atoms with Crippen LogP contribution in [0.25, 0.3) is 0 Å². The molecular weight excluding hydrogens is 316 g/mol. The summed E-state index contributed by atoms with van der Waals surface area (Å²) >= 11 is 0. The highest BCUT2D eigenvalue weighted by molar-refractivity contribution is 5.78. The number of aliphatic hydroxyl groups excluding tert-OH is 4. The third-order valence-electron chi connectivity index (χ3n) is 4.88. The Morgan fingerprint density at radius 1 is 1.29 bits per heavy atom. The van der Waals surface area contributed by atoms with E-state index in [-0.39, 0.29) is 11.9 Å². The maximum Gasteiger partial charge on any atom is 0.292 e. The number of aromatic nitrogens is 1. The van der Waals surface area contributed by atoms with Crippen molar-refractivity contribution < 1.29 is 34.5 Å². The van der Waals surface area contributed by atoms with Crippen molar-refractivity contribution >= 4 is 5.91 Å². The normalized spacial score (nSPS) is 37.0. The number of aliphatic hydroxyl groups is 4. The maximum absolute atomic E-state index is 11.7. The van der Waals surface area contributed by atoms with E-state index in [0.29, 0.717) is 12.8 Å². The molecule has 3 rings (SSSR count). The van der Waals surface area contributed by atoms with Gasteiger partial charge in [-0.15, -0.1) is 0 Å². The molecule has 24 heavy (non-hydrogen) atoms. The van der Waals surface area contributed by atoms with E-state index < -0.39 is 37.3 Å². The molecule has 2 aliphatic rings. The number of ether oxygens (including phenoxy) is 1. The van der Waals surface area contributed by atoms with Gasteiger partial charge >= 0.3 is 0 Å². The van der Waals surface area contributed by atoms with Crippen molar-refractivity contribution in [1.29, 1.82) is 0 Å². The summed E-state index contributed by atoms with van der Waals surface area (Å²) in [5, 5.41) is 39.3. The predicted molar refractivity (Wildman–Crippen MR) is 80.4 cm³/mol. The molecule has 2 saturated heterocycles. The summed E-state index contributed by atoms with van der Waals surface area (Å²) in [7, 11) is 1.76. The first-order valence-electron chi connectivity index (χ1n) is 8.01. The van der Waals surface area contributed by atoms with Crippen LogP contribution in [0.15, 0.2) is 24.5 Å². The molecule has 6 atom stereocenters. The van der Waals surface area contributed by atoms with Gasteiger partial charge in [0.1, 0.15) is 18.3 Å². The third kappa shape index (κ3) is 2.91. The summed E-state index contributed by atoms with van der Waals surface area (Å²) in [5.41, 5.74) is 0.891. The molecule has 0 radical (unpaired) electrons. The lowest BCUT2D eigenvalue weighted by Gasteiger charge is -2.36. The van der Waals surface area contributed by atoms with Crippen molar-refractivity contribution in [3.8, 4) is 0 Å². The van der Waals surface area contributed by atoms with Crippen molar-refractivity contribution in [2.24, 2.45) is 0 Å². The highest BCUT2D eigenvalue weighted by Crippen LogP contribution is 2.31. The fraction of sp³-hybridized carbons (Fsp3) is 0.625. The molecule has 1 amide bonds. The van der Waals surface area contributed by atoms with Crippen molar-refractivity contribution in [1.82, 2.24) is 4.90 Å². The van der Waals surface area contributed by atoms with Crippen LogP contribution in [-0.4, -0.2) is 69.3 Å². The lowest BCUT2D eigenvalue weighted by Crippen LogP contribution is -2.62. The van der Waals surface area contributed by atoms with Crippen LogP contribution in [0.1, 0.15) is 30.7 Å². The van der Waals surface area contributed by atoms with E-state index in [9.17, 15) is 25.2 Å². The number of nitrogens with zero attached hydrogens (tertiary/aromatic N) is 2. The molecule has 0 spiro atoms. The number of carbonyl (C=O) groups is 1. The van der Waals surface area contributed by atoms with Gasteiger partial charge in [-0.3, -0.25) is 4.79 Å². The summed E-state index contributed by atoms with van der Waals surface area (Å²) in [4.78, 5) is 13.4. The Bertz CT molecular complexity index is 610. The van der Waals surface area contributed by atoms with Gasteiger partial charge in [-0.25, -0.2) is 0 Å². The molecule has 0 bridgehead atoms. The van der Waals surface area contributed by atoms with E-state index in [4.69, 9.17) is 4.74 Å². The first-order valence-corrected chi connectivity index (χ1v) is 8.01. The second-order valence-corrected chi connectivity index (χ2v) is 6.36. The summed E-state index contributed by atoms with van der Waals surface area (Å²) < 4.78 is 7.15. The minimum absolute atomic E-state index is 0.0464. The predicted octanol–water partition coefficient (Wildman–Crippen LogP) is -1.76. The van der Waals surface area contributed by atoms with Crippen LogP contribution in [0.4, 0.5) is 0 Å². The average Bonchev–Trinajstić information content (AvgIpc) is 2.92. The molecular formula is C16H23N2O6+. The van der Waals surface area contributed by atoms with Gasteiger partial charge in [-0.05, 0) is 12.5 Å². The number of likely N-dealkylation sites (tertiary alicyclic amines) is 1. The Balaban J connectivity index is 1.87. The summed E-state index contributed by atoms with van der Waals surface area (Å²) in [6.07, 6.45) is -1.41. The molecule has 8 nitrogen and oxygen atoms in total. The van der Waals surface area contributed by atoms with Gasteiger partial charge in [0.15, 0.2) is 18.5 Å². The van der Waals surface area contributed by atoms with Crippen molar-refractivity contribution in [2.75, 3.05) is 13.7 Å². The van der Waals surface area contributed by atoms with Gasteiger partial charge in [-0.2, -0.15) is 4.57 Å². The van der Waals surface area contributed by atoms with Crippen LogP contribution in [0.5, 0.6) is 0 Å². The Hall–Kier alpha value is -1.58. The Kier molecular flexibility index (Phi) is 4.84. The van der Waals surface area contributed by atoms with Crippen LogP contribution in [-0.2, 0) is 9.53 Å². The Labute approximate surface area is 139 Å². The largest absolute Gasteiger partial charge is 0.394 e. The average molecular weight is 339 g/mol. The highest BCUT2D eigenvalue weighted by atomic mass is 16.6. The monoisotopic (exact) mass is 339 g/mol. The van der Waals surface area contributed by atoms with E-state index in [2.05, 4.69) is 0 Å². The molecule has 2 fully saturated rings. The summed E-state index contributed by atoms with van der Waals surface area (Å²) in [6.45, 7) is -0.471. The molecule has 8 heteroatoms. The van der Waals surface area contributed by atoms with E-state index in [1.54, 1.807) is 35.0 Å². The number of hydrogen-bond donors (Lipinski definition) is 4. The van der Waals surface area contributed by atoms with Gasteiger partial charge in [0.25, 0.3) is 6.23 Å². The van der Waals surface area contributed by atoms with Crippen LogP contribution in [0, 0.1) is 0 Å². The van der Waals surface area contributed by atoms with Gasteiger partial charge < -0.3 is 30.1 Å². The molecule has 0 aliphatic carbocycles. The first-order chi connectivity index (χ1) is 11.4. The molecule has 4 N–H and O–H groups in total. The minimum Gasteiger partial charge on any atom is -0.394 e. The molecule has 0 unspecified atom stereocenters. The number of carbonyl (C=O) groups excluding carboxylic acids is 1. The fourth-order valence-electron chi connectivity index (χ4n) is 3.39. The van der Waals surface area contributed by atoms with E-state index in [1.807, 2.05) is 6.07 Å². The zero-order chi connectivity index (χ0) is 17.4. The SMILES string of the molecule is CN1C(=O)CC[C@H]1c1ccc[n+]([C@@H]2O[C@@H](CO)[C@@H](O)[C@H](O)[C@H]2O)c1. The Morgan fingerprint density at radius 2 is 2.04 bits per heavy atom. The molecule has 1 aromatic heterocycles. The molecule has 3 heterocycles. The van der Waals surface area contributed by atoms with Crippen LogP contribution in [0.3, 0.4) is 0 Å². The van der Waals surface area contributed by atoms with Gasteiger partial charge in [0.2, 0.25) is 5.91 Å². The number of hydrogen-bond acceptors (Lipinski definition) is 6. The van der Waals surface area contributed by atoms with Crippen LogP contribution in [0.2, 0.25) is 0 Å². The minimum atomic E-state index is -1.42. The van der Waals surface area contributed by atoms with Gasteiger partial charge in [0.05, 0.1) is 12.6 Å². The lowest BCUT2D eigenvalue weighted by molar-refractivity contribution is -0.778. The van der Waals surface area contributed by atoms with Crippen molar-refractivity contribution in [3.63, 3.8) is 0 Å². The first kappa shape index (κ1) is 17.2. The molecule has 132 valence electrons. The van der Waals surface area contributed by atoms with E-state index in [1.165, 1.54) is 0 Å². The number of rotatable bonds is 3. The smallest absolute Gasteiger partial charge is 0.292 e. The molecule has 0 aromatic carbocycles. The van der Waals surface area contributed by atoms with Crippen LogP contribution < -0.4 is 4.57 Å². The number of pyridine rings is 1. The zero-order valence-electron chi connectivity index (χ0n) is 13.4. The van der Waals surface area contributed by atoms with E-state index >= 15 is 0 Å². The highest BCUT2D eigenvalue weighted by Gasteiger charge is 2.48. The van der Waals surface area contributed by atoms with Crippen molar-refractivity contribution in [3.05, 3.63) is 30.1 Å². The topological polar surface area (TPSA) is 114 Å². The molecule has 1 aromatic rings. The fourth-order valence-corrected chi connectivity index (χ4v) is 3.39. The van der Waals surface area contributed by atoms with Crippen LogP contribution >= 0.6 is 0 Å². The van der Waals surface area contributed by atoms with Crippen molar-refractivity contribution in [2.45, 2.75) is 49.5 Å². The quantitative estimate of drug-likeness (QED) is 0.485. The van der Waals surface area contributed by atoms with E-state index in [0.717, 1.165) is 5.56 Å². The second-order valence-electron chi connectivity index (χ2n) is 6.36. The molecule has 0 saturated carbocycles. The third-order valence-corrected chi connectivity index (χ3v) is 4.88. The Morgan fingerprint density at radius 3 is 2.67 bits per heavy atom. The molecule has 2 aliphatic heterocycles. The maximum atomic E-state index is 11.7. The van der Waals surface area contributed by atoms with Gasteiger partial charge in [-0.1, -0.05) is 0 Å². The van der Waals surface area contributed by atoms with Gasteiger partial charge in [0, 0.05) is 25.1 Å². The lowest BCUT2D eigenvalue weighted by atomic mass is 9.98. The summed E-state index contributed by atoms with van der Waals surface area (Å²) in [5.74, 6) is 0.0863.